The molecular formula is C17H17N3O2. The second-order valence-corrected chi connectivity index (χ2v) is 5.26. The van der Waals surface area contributed by atoms with Crippen molar-refractivity contribution in [3.63, 3.8) is 0 Å². The summed E-state index contributed by atoms with van der Waals surface area (Å²) in [4.78, 5) is 4.09. The summed E-state index contributed by atoms with van der Waals surface area (Å²) in [7, 11) is 1.65. The van der Waals surface area contributed by atoms with E-state index in [4.69, 9.17) is 14.7 Å². The summed E-state index contributed by atoms with van der Waals surface area (Å²) in [5, 5.41) is 12.3. The fraction of sp³-hybridized carbons (Fsp3) is 0.294. The van der Waals surface area contributed by atoms with Gasteiger partial charge in [0.25, 0.3) is 0 Å². The molecule has 0 fully saturated rings. The number of aryl methyl sites for hydroxylation is 1. The van der Waals surface area contributed by atoms with Gasteiger partial charge < -0.3 is 14.8 Å². The van der Waals surface area contributed by atoms with E-state index in [1.807, 2.05) is 25.1 Å². The number of nitrogens with one attached hydrogen (secondary N) is 1. The molecule has 2 heterocycles. The Hall–Kier alpha value is -2.74. The van der Waals surface area contributed by atoms with Crippen LogP contribution in [0.15, 0.2) is 30.5 Å². The van der Waals surface area contributed by atoms with Crippen LogP contribution in [-0.2, 0) is 0 Å². The molecule has 1 aromatic heterocycles. The number of pyridine rings is 1. The van der Waals surface area contributed by atoms with E-state index >= 15 is 0 Å². The van der Waals surface area contributed by atoms with Crippen LogP contribution in [-0.4, -0.2) is 18.7 Å². The molecule has 1 atom stereocenters. The van der Waals surface area contributed by atoms with Crippen molar-refractivity contribution in [1.82, 2.24) is 4.98 Å². The molecule has 0 bridgehead atoms. The fourth-order valence-electron chi connectivity index (χ4n) is 2.66. The first-order valence-corrected chi connectivity index (χ1v) is 7.15. The number of nitriles is 1. The lowest BCUT2D eigenvalue weighted by Crippen LogP contribution is -2.21. The number of rotatable bonds is 3. The summed E-state index contributed by atoms with van der Waals surface area (Å²) < 4.78 is 11.2. The number of hydrogen-bond acceptors (Lipinski definition) is 5. The first-order chi connectivity index (χ1) is 10.7. The Bertz CT molecular complexity index is 720. The molecule has 0 radical (unpaired) electrons. The van der Waals surface area contributed by atoms with Crippen molar-refractivity contribution in [3.05, 3.63) is 47.3 Å². The third-order valence-electron chi connectivity index (χ3n) is 3.70. The van der Waals surface area contributed by atoms with E-state index in [0.29, 0.717) is 12.3 Å². The Labute approximate surface area is 129 Å². The number of fused-ring (bicyclic) bond motifs is 1. The van der Waals surface area contributed by atoms with Crippen molar-refractivity contribution >= 4 is 5.69 Å². The number of methoxy groups -OCH3 is 1. The van der Waals surface area contributed by atoms with Gasteiger partial charge in [-0.05, 0) is 30.7 Å². The minimum atomic E-state index is 0.132. The lowest BCUT2D eigenvalue weighted by molar-refractivity contribution is 0.257. The minimum absolute atomic E-state index is 0.132. The van der Waals surface area contributed by atoms with Crippen LogP contribution in [0.25, 0.3) is 0 Å². The molecule has 0 saturated heterocycles. The lowest BCUT2D eigenvalue weighted by atomic mass is 9.97. The third kappa shape index (κ3) is 2.68. The lowest BCUT2D eigenvalue weighted by Gasteiger charge is -2.29. The van der Waals surface area contributed by atoms with E-state index in [9.17, 15) is 0 Å². The Balaban J connectivity index is 1.91. The monoisotopic (exact) mass is 295 g/mol. The summed E-state index contributed by atoms with van der Waals surface area (Å²) >= 11 is 0. The number of anilines is 1. The van der Waals surface area contributed by atoms with Crippen LogP contribution in [0.2, 0.25) is 0 Å². The van der Waals surface area contributed by atoms with E-state index in [0.717, 1.165) is 34.7 Å². The zero-order chi connectivity index (χ0) is 15.5. The molecule has 0 aliphatic carbocycles. The van der Waals surface area contributed by atoms with Crippen LogP contribution >= 0.6 is 0 Å². The minimum Gasteiger partial charge on any atom is -0.493 e. The van der Waals surface area contributed by atoms with Crippen LogP contribution in [0.1, 0.15) is 29.3 Å². The van der Waals surface area contributed by atoms with Gasteiger partial charge >= 0.3 is 0 Å². The zero-order valence-electron chi connectivity index (χ0n) is 12.6. The van der Waals surface area contributed by atoms with Crippen molar-refractivity contribution in [2.24, 2.45) is 0 Å². The second kappa shape index (κ2) is 5.94. The zero-order valence-corrected chi connectivity index (χ0v) is 12.6. The predicted molar refractivity (Wildman–Crippen MR) is 83.2 cm³/mol. The summed E-state index contributed by atoms with van der Waals surface area (Å²) in [5.74, 6) is 1.57. The largest absolute Gasteiger partial charge is 0.493 e. The maximum Gasteiger partial charge on any atom is 0.166 e. The van der Waals surface area contributed by atoms with Crippen LogP contribution in [0, 0.1) is 18.3 Å². The van der Waals surface area contributed by atoms with Crippen molar-refractivity contribution in [3.8, 4) is 17.6 Å². The normalized spacial score (nSPS) is 16.1. The quantitative estimate of drug-likeness (QED) is 0.941. The predicted octanol–water partition coefficient (Wildman–Crippen LogP) is 3.21. The van der Waals surface area contributed by atoms with Gasteiger partial charge in [0.1, 0.15) is 11.8 Å². The topological polar surface area (TPSA) is 67.2 Å². The molecule has 0 unspecified atom stereocenters. The molecule has 1 aliphatic rings. The molecule has 0 spiro atoms. The van der Waals surface area contributed by atoms with Crippen LogP contribution < -0.4 is 14.8 Å². The molecule has 0 amide bonds. The van der Waals surface area contributed by atoms with Gasteiger partial charge in [-0.1, -0.05) is 6.07 Å². The van der Waals surface area contributed by atoms with Crippen molar-refractivity contribution in [2.45, 2.75) is 19.4 Å². The van der Waals surface area contributed by atoms with Gasteiger partial charge in [0, 0.05) is 12.0 Å². The summed E-state index contributed by atoms with van der Waals surface area (Å²) in [6, 6.07) is 9.82. The van der Waals surface area contributed by atoms with Gasteiger partial charge in [-0.15, -0.1) is 0 Å². The van der Waals surface area contributed by atoms with E-state index in [-0.39, 0.29) is 6.04 Å². The second-order valence-electron chi connectivity index (χ2n) is 5.26. The number of benzene rings is 1. The van der Waals surface area contributed by atoms with Crippen LogP contribution in [0.4, 0.5) is 5.69 Å². The Kier molecular flexibility index (Phi) is 3.84. The highest BCUT2D eigenvalue weighted by atomic mass is 16.5. The third-order valence-corrected chi connectivity index (χ3v) is 3.70. The van der Waals surface area contributed by atoms with E-state index in [1.54, 1.807) is 19.4 Å². The highest BCUT2D eigenvalue weighted by Crippen LogP contribution is 2.41. The van der Waals surface area contributed by atoms with Crippen molar-refractivity contribution in [2.75, 3.05) is 19.0 Å². The molecule has 3 rings (SSSR count). The molecule has 0 saturated carbocycles. The Morgan fingerprint density at radius 1 is 1.41 bits per heavy atom. The molecule has 112 valence electrons. The maximum atomic E-state index is 8.80. The molecule has 1 N–H and O–H groups in total. The number of hydrogen-bond donors (Lipinski definition) is 1. The molecule has 1 aromatic carbocycles. The van der Waals surface area contributed by atoms with E-state index in [2.05, 4.69) is 16.4 Å². The average molecular weight is 295 g/mol. The number of nitrogens with zero attached hydrogens (tertiary/aromatic N) is 2. The van der Waals surface area contributed by atoms with Gasteiger partial charge in [0.05, 0.1) is 31.6 Å². The highest BCUT2D eigenvalue weighted by molar-refractivity contribution is 5.55. The Morgan fingerprint density at radius 2 is 2.27 bits per heavy atom. The SMILES string of the molecule is COc1cc(C)cc2c1OCC[C@H]2Nc1ccc(C#N)nc1. The molecule has 22 heavy (non-hydrogen) atoms. The fourth-order valence-corrected chi connectivity index (χ4v) is 2.66. The smallest absolute Gasteiger partial charge is 0.166 e. The Morgan fingerprint density at radius 3 is 2.95 bits per heavy atom. The molecule has 5 nitrogen and oxygen atoms in total. The summed E-state index contributed by atoms with van der Waals surface area (Å²) in [5.41, 5.74) is 3.52. The molecule has 5 heteroatoms. The van der Waals surface area contributed by atoms with E-state index < -0.39 is 0 Å². The first-order valence-electron chi connectivity index (χ1n) is 7.15. The standard InChI is InChI=1S/C17H17N3O2/c1-11-7-14-15(5-6-22-17(14)16(8-11)21-2)20-13-4-3-12(9-18)19-10-13/h3-4,7-8,10,15,20H,5-6H2,1-2H3/t15-/m1/s1. The summed E-state index contributed by atoms with van der Waals surface area (Å²) in [6.07, 6.45) is 2.54. The first kappa shape index (κ1) is 14.2. The van der Waals surface area contributed by atoms with Gasteiger partial charge in [-0.2, -0.15) is 5.26 Å². The molecular weight excluding hydrogens is 278 g/mol. The molecule has 1 aliphatic heterocycles. The van der Waals surface area contributed by atoms with Gasteiger partial charge in [0.15, 0.2) is 11.5 Å². The number of aromatic nitrogens is 1. The summed E-state index contributed by atoms with van der Waals surface area (Å²) in [6.45, 7) is 2.67. The molecule has 2 aromatic rings. The van der Waals surface area contributed by atoms with Gasteiger partial charge in [-0.3, -0.25) is 0 Å². The van der Waals surface area contributed by atoms with E-state index in [1.165, 1.54) is 0 Å². The van der Waals surface area contributed by atoms with Crippen LogP contribution in [0.5, 0.6) is 11.5 Å². The van der Waals surface area contributed by atoms with Crippen LogP contribution in [0.3, 0.4) is 0 Å². The average Bonchev–Trinajstić information content (AvgIpc) is 2.55. The van der Waals surface area contributed by atoms with Gasteiger partial charge in [0.2, 0.25) is 0 Å². The van der Waals surface area contributed by atoms with Gasteiger partial charge in [-0.25, -0.2) is 4.98 Å². The van der Waals surface area contributed by atoms with Crippen molar-refractivity contribution in [1.29, 1.82) is 5.26 Å². The highest BCUT2D eigenvalue weighted by Gasteiger charge is 2.25. The maximum absolute atomic E-state index is 8.80. The van der Waals surface area contributed by atoms with Crippen molar-refractivity contribution < 1.29 is 9.47 Å². The number of ether oxygens (including phenoxy) is 2.